The maximum absolute atomic E-state index is 12.0. The van der Waals surface area contributed by atoms with Gasteiger partial charge in [0, 0.05) is 23.9 Å². The predicted molar refractivity (Wildman–Crippen MR) is 94.3 cm³/mol. The Morgan fingerprint density at radius 2 is 1.96 bits per heavy atom. The highest BCUT2D eigenvalue weighted by Gasteiger charge is 2.32. The third kappa shape index (κ3) is 3.90. The maximum Gasteiger partial charge on any atom is 0.151 e. The van der Waals surface area contributed by atoms with Crippen LogP contribution in [0, 0.1) is 0 Å². The fourth-order valence-electron chi connectivity index (χ4n) is 3.60. The first kappa shape index (κ1) is 16.4. The van der Waals surface area contributed by atoms with E-state index in [1.54, 1.807) is 0 Å². The van der Waals surface area contributed by atoms with Gasteiger partial charge in [0.25, 0.3) is 0 Å². The zero-order valence-corrected chi connectivity index (χ0v) is 14.3. The smallest absolute Gasteiger partial charge is 0.151 e. The number of hydrogen-bond donors (Lipinski definition) is 1. The van der Waals surface area contributed by atoms with Crippen LogP contribution >= 0.6 is 0 Å². The lowest BCUT2D eigenvalue weighted by Crippen LogP contribution is -2.46. The Morgan fingerprint density at radius 3 is 2.78 bits per heavy atom. The number of sulfone groups is 1. The predicted octanol–water partition coefficient (Wildman–Crippen LogP) is 2.72. The molecule has 3 rings (SSSR count). The quantitative estimate of drug-likeness (QED) is 0.914. The molecule has 0 unspecified atom stereocenters. The molecule has 1 aromatic heterocycles. The van der Waals surface area contributed by atoms with E-state index in [2.05, 4.69) is 34.6 Å². The Bertz CT molecular complexity index is 768. The van der Waals surface area contributed by atoms with Crippen LogP contribution in [0.1, 0.15) is 31.2 Å². The molecule has 124 valence electrons. The summed E-state index contributed by atoms with van der Waals surface area (Å²) in [7, 11) is -2.98. The molecule has 1 aromatic carbocycles. The standard InChI is InChI=1S/C18H24N2O2S/c1-23(21,22)17-10-3-2-9-16(17)19-13-11-15-7-4-6-14-8-5-12-20-18(14)15/h4-8,12,16-17,19H,2-3,9-11,13H2,1H3/t16-,17-/m1/s1. The molecule has 1 aliphatic carbocycles. The van der Waals surface area contributed by atoms with Crippen LogP contribution < -0.4 is 5.32 Å². The van der Waals surface area contributed by atoms with Crippen molar-refractivity contribution in [1.82, 2.24) is 10.3 Å². The van der Waals surface area contributed by atoms with Gasteiger partial charge in [0.15, 0.2) is 9.84 Å². The molecule has 0 bridgehead atoms. The zero-order chi connectivity index (χ0) is 16.3. The molecule has 1 heterocycles. The summed E-state index contributed by atoms with van der Waals surface area (Å²) in [6, 6.07) is 10.3. The van der Waals surface area contributed by atoms with Crippen molar-refractivity contribution < 1.29 is 8.42 Å². The molecule has 1 fully saturated rings. The molecule has 0 aliphatic heterocycles. The van der Waals surface area contributed by atoms with Crippen molar-refractivity contribution in [2.45, 2.75) is 43.4 Å². The molecule has 0 amide bonds. The molecule has 1 N–H and O–H groups in total. The maximum atomic E-state index is 12.0. The summed E-state index contributed by atoms with van der Waals surface area (Å²) in [5, 5.41) is 4.40. The molecule has 1 saturated carbocycles. The van der Waals surface area contributed by atoms with Gasteiger partial charge in [0.2, 0.25) is 0 Å². The van der Waals surface area contributed by atoms with Gasteiger partial charge in [-0.25, -0.2) is 8.42 Å². The van der Waals surface area contributed by atoms with Gasteiger partial charge < -0.3 is 5.32 Å². The second-order valence-electron chi connectivity index (χ2n) is 6.46. The average molecular weight is 332 g/mol. The number of para-hydroxylation sites is 1. The van der Waals surface area contributed by atoms with Crippen molar-refractivity contribution in [2.75, 3.05) is 12.8 Å². The molecule has 23 heavy (non-hydrogen) atoms. The lowest BCUT2D eigenvalue weighted by molar-refractivity contribution is 0.374. The van der Waals surface area contributed by atoms with E-state index in [1.807, 2.05) is 12.3 Å². The number of pyridine rings is 1. The van der Waals surface area contributed by atoms with Crippen LogP contribution in [0.5, 0.6) is 0 Å². The molecule has 0 spiro atoms. The van der Waals surface area contributed by atoms with Gasteiger partial charge in [-0.3, -0.25) is 4.98 Å². The first-order valence-corrected chi connectivity index (χ1v) is 10.3. The van der Waals surface area contributed by atoms with E-state index in [-0.39, 0.29) is 11.3 Å². The third-order valence-electron chi connectivity index (χ3n) is 4.77. The van der Waals surface area contributed by atoms with Gasteiger partial charge in [0.1, 0.15) is 0 Å². The number of nitrogens with one attached hydrogen (secondary N) is 1. The van der Waals surface area contributed by atoms with Crippen LogP contribution in [0.3, 0.4) is 0 Å². The first-order valence-electron chi connectivity index (χ1n) is 8.30. The van der Waals surface area contributed by atoms with Crippen molar-refractivity contribution in [3.63, 3.8) is 0 Å². The van der Waals surface area contributed by atoms with Crippen LogP contribution in [0.2, 0.25) is 0 Å². The van der Waals surface area contributed by atoms with Crippen molar-refractivity contribution in [3.05, 3.63) is 42.1 Å². The normalized spacial score (nSPS) is 22.3. The summed E-state index contributed by atoms with van der Waals surface area (Å²) in [5.41, 5.74) is 2.25. The Labute approximate surface area is 138 Å². The number of rotatable bonds is 5. The second kappa shape index (κ2) is 6.97. The van der Waals surface area contributed by atoms with E-state index < -0.39 is 9.84 Å². The first-order chi connectivity index (χ1) is 11.1. The van der Waals surface area contributed by atoms with Gasteiger partial charge in [-0.1, -0.05) is 37.1 Å². The highest BCUT2D eigenvalue weighted by Crippen LogP contribution is 2.24. The SMILES string of the molecule is CS(=O)(=O)[C@@H]1CCCC[C@H]1NCCc1cccc2cccnc12. The lowest BCUT2D eigenvalue weighted by Gasteiger charge is -2.31. The van der Waals surface area contributed by atoms with Crippen LogP contribution in [0.4, 0.5) is 0 Å². The number of aromatic nitrogens is 1. The zero-order valence-electron chi connectivity index (χ0n) is 13.5. The van der Waals surface area contributed by atoms with E-state index in [9.17, 15) is 8.42 Å². The highest BCUT2D eigenvalue weighted by molar-refractivity contribution is 7.91. The number of hydrogen-bond acceptors (Lipinski definition) is 4. The monoisotopic (exact) mass is 332 g/mol. The Kier molecular flexibility index (Phi) is 4.97. The van der Waals surface area contributed by atoms with E-state index in [1.165, 1.54) is 11.8 Å². The summed E-state index contributed by atoms with van der Waals surface area (Å²) < 4.78 is 23.9. The van der Waals surface area contributed by atoms with Crippen molar-refractivity contribution >= 4 is 20.7 Å². The highest BCUT2D eigenvalue weighted by atomic mass is 32.2. The number of benzene rings is 1. The van der Waals surface area contributed by atoms with E-state index in [4.69, 9.17) is 0 Å². The molecule has 0 radical (unpaired) electrons. The van der Waals surface area contributed by atoms with Gasteiger partial charge in [0.05, 0.1) is 10.8 Å². The van der Waals surface area contributed by atoms with Gasteiger partial charge in [-0.15, -0.1) is 0 Å². The minimum Gasteiger partial charge on any atom is -0.312 e. The number of nitrogens with zero attached hydrogens (tertiary/aromatic N) is 1. The fourth-order valence-corrected chi connectivity index (χ4v) is 5.03. The van der Waals surface area contributed by atoms with E-state index >= 15 is 0 Å². The minimum atomic E-state index is -2.98. The molecule has 1 aliphatic rings. The topological polar surface area (TPSA) is 59.1 Å². The summed E-state index contributed by atoms with van der Waals surface area (Å²) in [5.74, 6) is 0. The van der Waals surface area contributed by atoms with Gasteiger partial charge >= 0.3 is 0 Å². The molecular formula is C18H24N2O2S. The fraction of sp³-hybridized carbons (Fsp3) is 0.500. The summed E-state index contributed by atoms with van der Waals surface area (Å²) >= 11 is 0. The molecule has 5 heteroatoms. The van der Waals surface area contributed by atoms with Crippen molar-refractivity contribution in [2.24, 2.45) is 0 Å². The second-order valence-corrected chi connectivity index (χ2v) is 8.72. The molecule has 4 nitrogen and oxygen atoms in total. The Morgan fingerprint density at radius 1 is 1.17 bits per heavy atom. The Balaban J connectivity index is 1.66. The molecule has 0 saturated heterocycles. The molecular weight excluding hydrogens is 308 g/mol. The Hall–Kier alpha value is -1.46. The van der Waals surface area contributed by atoms with E-state index in [0.717, 1.165) is 49.6 Å². The van der Waals surface area contributed by atoms with Crippen LogP contribution in [-0.2, 0) is 16.3 Å². The average Bonchev–Trinajstić information content (AvgIpc) is 2.55. The van der Waals surface area contributed by atoms with Crippen molar-refractivity contribution in [3.8, 4) is 0 Å². The van der Waals surface area contributed by atoms with Gasteiger partial charge in [-0.05, 0) is 37.4 Å². The summed E-state index contributed by atoms with van der Waals surface area (Å²) in [4.78, 5) is 4.48. The summed E-state index contributed by atoms with van der Waals surface area (Å²) in [6.07, 6.45) is 7.91. The summed E-state index contributed by atoms with van der Waals surface area (Å²) in [6.45, 7) is 0.784. The van der Waals surface area contributed by atoms with Crippen LogP contribution in [0.25, 0.3) is 10.9 Å². The number of fused-ring (bicyclic) bond motifs is 1. The lowest BCUT2D eigenvalue weighted by atomic mass is 9.94. The molecule has 2 aromatic rings. The molecule has 2 atom stereocenters. The van der Waals surface area contributed by atoms with Crippen molar-refractivity contribution in [1.29, 1.82) is 0 Å². The third-order valence-corrected chi connectivity index (χ3v) is 6.43. The largest absolute Gasteiger partial charge is 0.312 e. The van der Waals surface area contributed by atoms with Gasteiger partial charge in [-0.2, -0.15) is 0 Å². The van der Waals surface area contributed by atoms with Crippen LogP contribution in [0.15, 0.2) is 36.5 Å². The van der Waals surface area contributed by atoms with E-state index in [0.29, 0.717) is 0 Å². The minimum absolute atomic E-state index is 0.0849. The van der Waals surface area contributed by atoms with Crippen LogP contribution in [-0.4, -0.2) is 37.5 Å².